The molecule has 1 aromatic heterocycles. The fourth-order valence-corrected chi connectivity index (χ4v) is 2.36. The standard InChI is InChI=1S/C13H16N4O2S/c1-9(2-7-12(18)19)16-10-3-5-11(6-4-10)20-13-14-8-15-17-13/h3-6,8-9,16H,2,7H2,1H3,(H,18,19)(H,14,15,17). The summed E-state index contributed by atoms with van der Waals surface area (Å²) in [4.78, 5) is 15.6. The van der Waals surface area contributed by atoms with Crippen molar-refractivity contribution in [3.05, 3.63) is 30.6 Å². The molecule has 0 saturated heterocycles. The molecule has 2 rings (SSSR count). The highest BCUT2D eigenvalue weighted by molar-refractivity contribution is 7.99. The van der Waals surface area contributed by atoms with Gasteiger partial charge < -0.3 is 10.4 Å². The van der Waals surface area contributed by atoms with Crippen LogP contribution in [0.25, 0.3) is 0 Å². The molecule has 0 saturated carbocycles. The molecule has 1 unspecified atom stereocenters. The molecular weight excluding hydrogens is 276 g/mol. The van der Waals surface area contributed by atoms with E-state index in [1.54, 1.807) is 0 Å². The Labute approximate surface area is 121 Å². The number of anilines is 1. The highest BCUT2D eigenvalue weighted by Gasteiger charge is 2.06. The molecule has 0 spiro atoms. The fourth-order valence-electron chi connectivity index (χ4n) is 1.67. The summed E-state index contributed by atoms with van der Waals surface area (Å²) in [6.07, 6.45) is 2.25. The van der Waals surface area contributed by atoms with Crippen molar-refractivity contribution in [2.75, 3.05) is 5.32 Å². The number of hydrogen-bond donors (Lipinski definition) is 3. The molecule has 0 radical (unpaired) electrons. The van der Waals surface area contributed by atoms with Gasteiger partial charge >= 0.3 is 5.97 Å². The first kappa shape index (κ1) is 14.4. The quantitative estimate of drug-likeness (QED) is 0.726. The summed E-state index contributed by atoms with van der Waals surface area (Å²) in [6.45, 7) is 1.97. The Hall–Kier alpha value is -2.02. The molecule has 106 valence electrons. The third-order valence-corrected chi connectivity index (χ3v) is 3.56. The molecule has 2 aromatic rings. The van der Waals surface area contributed by atoms with Crippen molar-refractivity contribution in [3.63, 3.8) is 0 Å². The number of nitrogens with zero attached hydrogens (tertiary/aromatic N) is 2. The lowest BCUT2D eigenvalue weighted by molar-refractivity contribution is -0.137. The average Bonchev–Trinajstić information content (AvgIpc) is 2.92. The normalized spacial score (nSPS) is 12.1. The molecule has 0 aliphatic rings. The predicted molar refractivity (Wildman–Crippen MR) is 76.9 cm³/mol. The maximum Gasteiger partial charge on any atom is 0.303 e. The lowest BCUT2D eigenvalue weighted by Crippen LogP contribution is -2.16. The van der Waals surface area contributed by atoms with Crippen molar-refractivity contribution in [3.8, 4) is 0 Å². The van der Waals surface area contributed by atoms with Crippen LogP contribution in [0.4, 0.5) is 5.69 Å². The summed E-state index contributed by atoms with van der Waals surface area (Å²) in [5.41, 5.74) is 0.977. The van der Waals surface area contributed by atoms with Crippen molar-refractivity contribution in [1.82, 2.24) is 15.2 Å². The zero-order valence-corrected chi connectivity index (χ0v) is 11.9. The summed E-state index contributed by atoms with van der Waals surface area (Å²) in [7, 11) is 0. The number of nitrogens with one attached hydrogen (secondary N) is 2. The number of benzene rings is 1. The van der Waals surface area contributed by atoms with Crippen LogP contribution in [0.15, 0.2) is 40.6 Å². The molecule has 1 atom stereocenters. The Balaban J connectivity index is 1.86. The minimum atomic E-state index is -0.766. The molecule has 0 aliphatic heterocycles. The second-order valence-corrected chi connectivity index (χ2v) is 5.46. The average molecular weight is 292 g/mol. The summed E-state index contributed by atoms with van der Waals surface area (Å²) in [5.74, 6) is -0.766. The van der Waals surface area contributed by atoms with Crippen molar-refractivity contribution in [2.24, 2.45) is 0 Å². The van der Waals surface area contributed by atoms with Gasteiger partial charge in [-0.25, -0.2) is 4.98 Å². The van der Waals surface area contributed by atoms with Crippen LogP contribution in [-0.2, 0) is 4.79 Å². The second-order valence-electron chi connectivity index (χ2n) is 4.39. The summed E-state index contributed by atoms with van der Waals surface area (Å²) >= 11 is 1.50. The Kier molecular flexibility index (Phi) is 5.00. The highest BCUT2D eigenvalue weighted by Crippen LogP contribution is 2.25. The first-order valence-corrected chi connectivity index (χ1v) is 7.07. The number of H-pyrrole nitrogens is 1. The predicted octanol–water partition coefficient (Wildman–Crippen LogP) is 2.62. The monoisotopic (exact) mass is 292 g/mol. The number of rotatable bonds is 7. The van der Waals surface area contributed by atoms with Gasteiger partial charge in [-0.15, -0.1) is 0 Å². The van der Waals surface area contributed by atoms with Gasteiger partial charge in [0.2, 0.25) is 0 Å². The number of carboxylic acid groups (broad SMARTS) is 1. The number of aromatic amines is 1. The molecule has 1 aromatic carbocycles. The third kappa shape index (κ3) is 4.58. The van der Waals surface area contributed by atoms with Crippen LogP contribution in [0, 0.1) is 0 Å². The maximum absolute atomic E-state index is 10.5. The van der Waals surface area contributed by atoms with E-state index in [0.29, 0.717) is 6.42 Å². The first-order chi connectivity index (χ1) is 9.63. The lowest BCUT2D eigenvalue weighted by Gasteiger charge is -2.14. The lowest BCUT2D eigenvalue weighted by atomic mass is 10.1. The van der Waals surface area contributed by atoms with E-state index in [4.69, 9.17) is 5.11 Å². The zero-order valence-electron chi connectivity index (χ0n) is 11.0. The van der Waals surface area contributed by atoms with E-state index in [-0.39, 0.29) is 12.5 Å². The Morgan fingerprint density at radius 3 is 2.80 bits per heavy atom. The van der Waals surface area contributed by atoms with E-state index in [1.165, 1.54) is 18.1 Å². The summed E-state index contributed by atoms with van der Waals surface area (Å²) < 4.78 is 0. The number of carboxylic acids is 1. The SMILES string of the molecule is CC(CCC(=O)O)Nc1ccc(Sc2ncn[nH]2)cc1. The molecule has 0 bridgehead atoms. The molecule has 6 nitrogen and oxygen atoms in total. The van der Waals surface area contributed by atoms with E-state index >= 15 is 0 Å². The summed E-state index contributed by atoms with van der Waals surface area (Å²) in [5, 5.41) is 19.3. The Morgan fingerprint density at radius 2 is 2.20 bits per heavy atom. The molecule has 0 fully saturated rings. The van der Waals surface area contributed by atoms with Gasteiger partial charge in [0.05, 0.1) is 0 Å². The van der Waals surface area contributed by atoms with Crippen LogP contribution in [0.2, 0.25) is 0 Å². The number of hydrogen-bond acceptors (Lipinski definition) is 5. The minimum Gasteiger partial charge on any atom is -0.481 e. The molecule has 3 N–H and O–H groups in total. The van der Waals surface area contributed by atoms with Crippen molar-refractivity contribution >= 4 is 23.4 Å². The zero-order chi connectivity index (χ0) is 14.4. The van der Waals surface area contributed by atoms with Crippen LogP contribution in [0.3, 0.4) is 0 Å². The Bertz CT molecular complexity index is 542. The van der Waals surface area contributed by atoms with Gasteiger partial charge in [0.1, 0.15) is 6.33 Å². The highest BCUT2D eigenvalue weighted by atomic mass is 32.2. The largest absolute Gasteiger partial charge is 0.481 e. The van der Waals surface area contributed by atoms with Crippen LogP contribution in [-0.4, -0.2) is 32.3 Å². The van der Waals surface area contributed by atoms with E-state index in [0.717, 1.165) is 15.7 Å². The van der Waals surface area contributed by atoms with E-state index in [9.17, 15) is 4.79 Å². The molecule has 20 heavy (non-hydrogen) atoms. The smallest absolute Gasteiger partial charge is 0.303 e. The van der Waals surface area contributed by atoms with Crippen LogP contribution in [0.5, 0.6) is 0 Å². The Morgan fingerprint density at radius 1 is 1.45 bits per heavy atom. The first-order valence-electron chi connectivity index (χ1n) is 6.25. The number of aliphatic carboxylic acids is 1. The van der Waals surface area contributed by atoms with Gasteiger partial charge in [-0.1, -0.05) is 11.8 Å². The maximum atomic E-state index is 10.5. The van der Waals surface area contributed by atoms with Crippen LogP contribution in [0.1, 0.15) is 19.8 Å². The van der Waals surface area contributed by atoms with E-state index in [2.05, 4.69) is 20.5 Å². The molecular formula is C13H16N4O2S. The molecule has 7 heteroatoms. The van der Waals surface area contributed by atoms with Gasteiger partial charge in [-0.3, -0.25) is 9.89 Å². The number of aromatic nitrogens is 3. The van der Waals surface area contributed by atoms with Crippen LogP contribution < -0.4 is 5.32 Å². The van der Waals surface area contributed by atoms with E-state index in [1.807, 2.05) is 31.2 Å². The number of carbonyl (C=O) groups is 1. The van der Waals surface area contributed by atoms with Gasteiger partial charge in [0, 0.05) is 23.0 Å². The van der Waals surface area contributed by atoms with Crippen molar-refractivity contribution in [2.45, 2.75) is 35.9 Å². The minimum absolute atomic E-state index is 0.124. The van der Waals surface area contributed by atoms with E-state index < -0.39 is 5.97 Å². The second kappa shape index (κ2) is 6.95. The summed E-state index contributed by atoms with van der Waals surface area (Å²) in [6, 6.07) is 8.03. The van der Waals surface area contributed by atoms with Gasteiger partial charge in [0.15, 0.2) is 5.16 Å². The van der Waals surface area contributed by atoms with Gasteiger partial charge in [-0.2, -0.15) is 5.10 Å². The van der Waals surface area contributed by atoms with Crippen LogP contribution >= 0.6 is 11.8 Å². The van der Waals surface area contributed by atoms with Gasteiger partial charge in [0.25, 0.3) is 0 Å². The molecule has 0 amide bonds. The van der Waals surface area contributed by atoms with Gasteiger partial charge in [-0.05, 0) is 37.6 Å². The topological polar surface area (TPSA) is 90.9 Å². The molecule has 1 heterocycles. The molecule has 0 aliphatic carbocycles. The fraction of sp³-hybridized carbons (Fsp3) is 0.308. The third-order valence-electron chi connectivity index (χ3n) is 2.67. The van der Waals surface area contributed by atoms with Crippen molar-refractivity contribution < 1.29 is 9.90 Å². The van der Waals surface area contributed by atoms with Crippen molar-refractivity contribution in [1.29, 1.82) is 0 Å².